The molecule has 11 heteroatoms. The standard InChI is InChI=1S/C21H27FN6O.C5H13N3/c22-17-10-23-9-16-18(17)25-20(29-13-21-5-1-7-28(21)8-2-6-21)26-19(16)27-11-14-3-4-15(12-27)24-14;1-3-5(6)4-8(2)7/h9-10,14-15,24H,1-8,11-13H2;4H,3,6-7H2,1-2H3/b;5-4-. The first-order chi connectivity index (χ1) is 17.9. The van der Waals surface area contributed by atoms with Crippen molar-refractivity contribution in [3.8, 4) is 6.01 Å². The number of nitrogens with one attached hydrogen (secondary N) is 1. The molecule has 0 radical (unpaired) electrons. The van der Waals surface area contributed by atoms with E-state index in [4.69, 9.17) is 21.3 Å². The quantitative estimate of drug-likeness (QED) is 0.391. The van der Waals surface area contributed by atoms with Gasteiger partial charge in [0.25, 0.3) is 0 Å². The number of hydrogen-bond donors (Lipinski definition) is 3. The molecule has 5 N–H and O–H groups in total. The summed E-state index contributed by atoms with van der Waals surface area (Å²) in [4.78, 5) is 18.1. The van der Waals surface area contributed by atoms with Gasteiger partial charge in [-0.05, 0) is 58.0 Å². The van der Waals surface area contributed by atoms with Crippen molar-refractivity contribution in [2.24, 2.45) is 11.6 Å². The largest absolute Gasteiger partial charge is 0.461 e. The average Bonchev–Trinajstić information content (AvgIpc) is 3.56. The van der Waals surface area contributed by atoms with Gasteiger partial charge < -0.3 is 25.7 Å². The van der Waals surface area contributed by atoms with E-state index in [1.165, 1.54) is 36.9 Å². The van der Waals surface area contributed by atoms with Gasteiger partial charge in [0.05, 0.1) is 17.1 Å². The predicted octanol–water partition coefficient (Wildman–Crippen LogP) is 2.11. The van der Waals surface area contributed by atoms with Crippen LogP contribution in [0.3, 0.4) is 0 Å². The number of pyridine rings is 1. The van der Waals surface area contributed by atoms with E-state index >= 15 is 0 Å². The molecule has 4 fully saturated rings. The zero-order valence-corrected chi connectivity index (χ0v) is 22.0. The van der Waals surface area contributed by atoms with Crippen LogP contribution in [-0.4, -0.2) is 82.3 Å². The molecule has 0 saturated carbocycles. The second-order valence-electron chi connectivity index (χ2n) is 10.8. The second kappa shape index (κ2) is 10.9. The highest BCUT2D eigenvalue weighted by molar-refractivity contribution is 5.89. The molecule has 0 spiro atoms. The molecule has 10 nitrogen and oxygen atoms in total. The van der Waals surface area contributed by atoms with Crippen LogP contribution in [0.2, 0.25) is 0 Å². The Labute approximate surface area is 218 Å². The summed E-state index contributed by atoms with van der Waals surface area (Å²) in [5, 5.41) is 5.75. The fraction of sp³-hybridized carbons (Fsp3) is 0.654. The van der Waals surface area contributed by atoms with Gasteiger partial charge in [-0.3, -0.25) is 9.88 Å². The first-order valence-electron chi connectivity index (χ1n) is 13.5. The van der Waals surface area contributed by atoms with Crippen LogP contribution in [0, 0.1) is 5.82 Å². The maximum atomic E-state index is 14.6. The number of piperazine rings is 1. The van der Waals surface area contributed by atoms with Crippen molar-refractivity contribution in [2.45, 2.75) is 69.5 Å². The Morgan fingerprint density at radius 3 is 2.54 bits per heavy atom. The first-order valence-corrected chi connectivity index (χ1v) is 13.5. The van der Waals surface area contributed by atoms with Crippen molar-refractivity contribution in [3.05, 3.63) is 30.1 Å². The SMILES string of the molecule is CC/C(N)=C/N(C)N.Fc1cncc2c(N3CC4CCC(C3)N4)nc(OCC34CCCN3CCC4)nc12. The molecule has 6 rings (SSSR count). The van der Waals surface area contributed by atoms with E-state index in [9.17, 15) is 4.39 Å². The molecular weight excluding hydrogens is 473 g/mol. The average molecular weight is 514 g/mol. The van der Waals surface area contributed by atoms with Gasteiger partial charge in [0, 0.05) is 50.3 Å². The molecule has 0 amide bonds. The molecule has 4 saturated heterocycles. The molecule has 2 atom stereocenters. The van der Waals surface area contributed by atoms with E-state index in [0.717, 1.165) is 57.0 Å². The van der Waals surface area contributed by atoms with E-state index in [1.807, 2.05) is 6.92 Å². The predicted molar refractivity (Wildman–Crippen MR) is 142 cm³/mol. The van der Waals surface area contributed by atoms with Gasteiger partial charge in [-0.25, -0.2) is 10.2 Å². The van der Waals surface area contributed by atoms with Crippen LogP contribution in [0.15, 0.2) is 24.3 Å². The molecule has 2 aromatic rings. The van der Waals surface area contributed by atoms with Gasteiger partial charge in [0.2, 0.25) is 0 Å². The van der Waals surface area contributed by atoms with E-state index in [0.29, 0.717) is 29.6 Å². The summed E-state index contributed by atoms with van der Waals surface area (Å²) in [6, 6.07) is 1.22. The number of nitrogens with zero attached hydrogens (tertiary/aromatic N) is 6. The first kappa shape index (κ1) is 25.9. The number of hydrazine groups is 1. The molecule has 6 heterocycles. The lowest BCUT2D eigenvalue weighted by Gasteiger charge is -2.34. The minimum atomic E-state index is -0.421. The Hall–Kier alpha value is -2.76. The summed E-state index contributed by atoms with van der Waals surface area (Å²) < 4.78 is 20.8. The third-order valence-electron chi connectivity index (χ3n) is 8.10. The zero-order chi connectivity index (χ0) is 26.0. The van der Waals surface area contributed by atoms with Gasteiger partial charge in [0.15, 0.2) is 5.82 Å². The second-order valence-corrected chi connectivity index (χ2v) is 10.8. The van der Waals surface area contributed by atoms with E-state index in [-0.39, 0.29) is 11.5 Å². The molecule has 2 aromatic heterocycles. The zero-order valence-electron chi connectivity index (χ0n) is 22.0. The smallest absolute Gasteiger partial charge is 0.319 e. The van der Waals surface area contributed by atoms with Gasteiger partial charge in [-0.2, -0.15) is 9.97 Å². The third kappa shape index (κ3) is 5.58. The Kier molecular flexibility index (Phi) is 7.64. The van der Waals surface area contributed by atoms with Crippen molar-refractivity contribution in [1.29, 1.82) is 0 Å². The number of fused-ring (bicyclic) bond motifs is 4. The van der Waals surface area contributed by atoms with Crippen LogP contribution >= 0.6 is 0 Å². The lowest BCUT2D eigenvalue weighted by Crippen LogP contribution is -2.51. The Bertz CT molecular complexity index is 1100. The summed E-state index contributed by atoms with van der Waals surface area (Å²) >= 11 is 0. The van der Waals surface area contributed by atoms with Crippen LogP contribution in [0.4, 0.5) is 10.2 Å². The number of aromatic nitrogens is 3. The van der Waals surface area contributed by atoms with Crippen LogP contribution < -0.4 is 26.5 Å². The van der Waals surface area contributed by atoms with E-state index in [2.05, 4.69) is 25.1 Å². The number of nitrogens with two attached hydrogens (primary N) is 2. The molecule has 37 heavy (non-hydrogen) atoms. The number of hydrogen-bond acceptors (Lipinski definition) is 10. The van der Waals surface area contributed by atoms with Crippen molar-refractivity contribution in [3.63, 3.8) is 0 Å². The maximum absolute atomic E-state index is 14.6. The molecular formula is C26H40FN9O. The number of anilines is 1. The molecule has 4 aliphatic rings. The highest BCUT2D eigenvalue weighted by Crippen LogP contribution is 2.39. The van der Waals surface area contributed by atoms with Crippen LogP contribution in [0.25, 0.3) is 10.9 Å². The number of ether oxygens (including phenoxy) is 1. The number of rotatable bonds is 6. The molecule has 0 aliphatic carbocycles. The van der Waals surface area contributed by atoms with Gasteiger partial charge in [0.1, 0.15) is 17.9 Å². The lowest BCUT2D eigenvalue weighted by molar-refractivity contribution is 0.108. The number of allylic oxidation sites excluding steroid dienone is 1. The topological polar surface area (TPSA) is 122 Å². The fourth-order valence-corrected chi connectivity index (χ4v) is 6.27. The Morgan fingerprint density at radius 1 is 1.22 bits per heavy atom. The minimum Gasteiger partial charge on any atom is -0.461 e. The van der Waals surface area contributed by atoms with Gasteiger partial charge in [-0.15, -0.1) is 0 Å². The summed E-state index contributed by atoms with van der Waals surface area (Å²) in [6.07, 6.45) is 12.6. The monoisotopic (exact) mass is 513 g/mol. The number of halogens is 1. The van der Waals surface area contributed by atoms with Crippen LogP contribution in [-0.2, 0) is 0 Å². The van der Waals surface area contributed by atoms with Gasteiger partial charge in [-0.1, -0.05) is 6.92 Å². The summed E-state index contributed by atoms with van der Waals surface area (Å²) in [6.45, 7) is 6.60. The normalized spacial score (nSPS) is 24.6. The highest BCUT2D eigenvalue weighted by atomic mass is 19.1. The molecule has 4 aliphatic heterocycles. The van der Waals surface area contributed by atoms with Crippen molar-refractivity contribution in [2.75, 3.05) is 44.7 Å². The maximum Gasteiger partial charge on any atom is 0.319 e. The summed E-state index contributed by atoms with van der Waals surface area (Å²) in [7, 11) is 1.74. The van der Waals surface area contributed by atoms with Gasteiger partial charge >= 0.3 is 6.01 Å². The summed E-state index contributed by atoms with van der Waals surface area (Å²) in [5.74, 6) is 5.58. The van der Waals surface area contributed by atoms with Crippen molar-refractivity contribution < 1.29 is 9.13 Å². The molecule has 202 valence electrons. The molecule has 0 aromatic carbocycles. The van der Waals surface area contributed by atoms with Crippen molar-refractivity contribution >= 4 is 16.7 Å². The lowest BCUT2D eigenvalue weighted by atomic mass is 9.95. The molecule has 2 unspecified atom stereocenters. The Balaban J connectivity index is 0.000000307. The third-order valence-corrected chi connectivity index (χ3v) is 8.10. The molecule has 2 bridgehead atoms. The summed E-state index contributed by atoms with van der Waals surface area (Å²) in [5.41, 5.74) is 6.63. The highest BCUT2D eigenvalue weighted by Gasteiger charge is 2.45. The van der Waals surface area contributed by atoms with E-state index < -0.39 is 5.82 Å². The minimum absolute atomic E-state index is 0.115. The van der Waals surface area contributed by atoms with Crippen LogP contribution in [0.5, 0.6) is 6.01 Å². The van der Waals surface area contributed by atoms with E-state index in [1.54, 1.807) is 19.4 Å². The van der Waals surface area contributed by atoms with Crippen LogP contribution in [0.1, 0.15) is 51.9 Å². The fourth-order valence-electron chi connectivity index (χ4n) is 6.27. The van der Waals surface area contributed by atoms with Crippen molar-refractivity contribution in [1.82, 2.24) is 30.2 Å². The Morgan fingerprint density at radius 2 is 1.92 bits per heavy atom.